The lowest BCUT2D eigenvalue weighted by atomic mass is 10.1. The Labute approximate surface area is 117 Å². The number of aromatic nitrogens is 1. The average Bonchev–Trinajstić information content (AvgIpc) is 3.13. The zero-order valence-corrected chi connectivity index (χ0v) is 11.4. The third-order valence-corrected chi connectivity index (χ3v) is 3.65. The van der Waals surface area contributed by atoms with Crippen LogP contribution in [0.3, 0.4) is 0 Å². The van der Waals surface area contributed by atoms with Gasteiger partial charge in [-0.15, -0.1) is 0 Å². The summed E-state index contributed by atoms with van der Waals surface area (Å²) >= 11 is 0. The maximum absolute atomic E-state index is 12.2. The number of fused-ring (bicyclic) bond motifs is 1. The second-order valence-corrected chi connectivity index (χ2v) is 4.96. The molecule has 5 heteroatoms. The number of rotatable bonds is 4. The Hall–Kier alpha value is -2.01. The first-order valence-corrected chi connectivity index (χ1v) is 6.83. The molecule has 2 heterocycles. The lowest BCUT2D eigenvalue weighted by molar-refractivity contribution is 0.0859. The summed E-state index contributed by atoms with van der Waals surface area (Å²) in [5.41, 5.74) is 1.56. The van der Waals surface area contributed by atoms with E-state index in [-0.39, 0.29) is 12.0 Å². The number of amides is 1. The quantitative estimate of drug-likeness (QED) is 0.897. The Morgan fingerprint density at radius 1 is 1.55 bits per heavy atom. The van der Waals surface area contributed by atoms with Crippen molar-refractivity contribution in [3.63, 3.8) is 0 Å². The summed E-state index contributed by atoms with van der Waals surface area (Å²) in [6.45, 7) is 1.36. The van der Waals surface area contributed by atoms with Crippen molar-refractivity contribution in [3.8, 4) is 5.75 Å². The fourth-order valence-electron chi connectivity index (χ4n) is 2.52. The van der Waals surface area contributed by atoms with Crippen molar-refractivity contribution in [2.45, 2.75) is 18.9 Å². The molecule has 0 radical (unpaired) electrons. The van der Waals surface area contributed by atoms with Crippen molar-refractivity contribution < 1.29 is 14.3 Å². The van der Waals surface area contributed by atoms with Crippen LogP contribution in [0.1, 0.15) is 23.2 Å². The number of carbonyl (C=O) groups is 1. The van der Waals surface area contributed by atoms with Crippen LogP contribution in [0.2, 0.25) is 0 Å². The van der Waals surface area contributed by atoms with E-state index in [0.29, 0.717) is 12.1 Å². The van der Waals surface area contributed by atoms with Gasteiger partial charge in [0.05, 0.1) is 18.8 Å². The molecule has 0 saturated carbocycles. The highest BCUT2D eigenvalue weighted by atomic mass is 16.5. The number of H-pyrrole nitrogens is 1. The molecule has 5 nitrogen and oxygen atoms in total. The van der Waals surface area contributed by atoms with Gasteiger partial charge in [0.15, 0.2) is 0 Å². The highest BCUT2D eigenvalue weighted by molar-refractivity contribution is 6.07. The van der Waals surface area contributed by atoms with E-state index in [0.717, 1.165) is 36.1 Å². The fraction of sp³-hybridized carbons (Fsp3) is 0.400. The monoisotopic (exact) mass is 274 g/mol. The van der Waals surface area contributed by atoms with Crippen molar-refractivity contribution in [2.75, 3.05) is 20.3 Å². The SMILES string of the molecule is COc1ccc2[nH]cc(C(=O)NCC3CCCO3)c2c1. The fourth-order valence-corrected chi connectivity index (χ4v) is 2.52. The molecule has 1 saturated heterocycles. The maximum Gasteiger partial charge on any atom is 0.253 e. The second kappa shape index (κ2) is 5.54. The molecule has 1 aromatic carbocycles. The Kier molecular flexibility index (Phi) is 3.60. The summed E-state index contributed by atoms with van der Waals surface area (Å²) in [7, 11) is 1.62. The first-order chi connectivity index (χ1) is 9.78. The lowest BCUT2D eigenvalue weighted by Crippen LogP contribution is -2.31. The maximum atomic E-state index is 12.2. The largest absolute Gasteiger partial charge is 0.497 e. The van der Waals surface area contributed by atoms with E-state index < -0.39 is 0 Å². The van der Waals surface area contributed by atoms with Crippen molar-refractivity contribution in [1.82, 2.24) is 10.3 Å². The molecule has 1 fully saturated rings. The van der Waals surface area contributed by atoms with Crippen LogP contribution in [0.4, 0.5) is 0 Å². The zero-order chi connectivity index (χ0) is 13.9. The number of hydrogen-bond acceptors (Lipinski definition) is 3. The molecule has 0 bridgehead atoms. The van der Waals surface area contributed by atoms with Crippen molar-refractivity contribution in [2.24, 2.45) is 0 Å². The minimum Gasteiger partial charge on any atom is -0.497 e. The lowest BCUT2D eigenvalue weighted by Gasteiger charge is -2.10. The summed E-state index contributed by atoms with van der Waals surface area (Å²) in [5, 5.41) is 3.80. The standard InChI is InChI=1S/C15H18N2O3/c1-19-10-4-5-14-12(7-10)13(9-16-14)15(18)17-8-11-3-2-6-20-11/h4-5,7,9,11,16H,2-3,6,8H2,1H3,(H,17,18). The van der Waals surface area contributed by atoms with Crippen LogP contribution in [0.15, 0.2) is 24.4 Å². The minimum absolute atomic E-state index is 0.0833. The summed E-state index contributed by atoms with van der Waals surface area (Å²) in [6.07, 6.45) is 3.97. The van der Waals surface area contributed by atoms with Crippen LogP contribution in [0.5, 0.6) is 5.75 Å². The first-order valence-electron chi connectivity index (χ1n) is 6.83. The van der Waals surface area contributed by atoms with Crippen LogP contribution < -0.4 is 10.1 Å². The van der Waals surface area contributed by atoms with Crippen molar-refractivity contribution >= 4 is 16.8 Å². The molecule has 20 heavy (non-hydrogen) atoms. The van der Waals surface area contributed by atoms with E-state index >= 15 is 0 Å². The molecular formula is C15H18N2O3. The predicted octanol–water partition coefficient (Wildman–Crippen LogP) is 2.09. The van der Waals surface area contributed by atoms with Gasteiger partial charge in [-0.05, 0) is 31.0 Å². The van der Waals surface area contributed by atoms with Crippen molar-refractivity contribution in [3.05, 3.63) is 30.0 Å². The molecule has 0 spiro atoms. The molecule has 0 aliphatic carbocycles. The highest BCUT2D eigenvalue weighted by Crippen LogP contribution is 2.23. The van der Waals surface area contributed by atoms with E-state index in [2.05, 4.69) is 10.3 Å². The highest BCUT2D eigenvalue weighted by Gasteiger charge is 2.18. The normalized spacial score (nSPS) is 18.4. The van der Waals surface area contributed by atoms with Crippen LogP contribution in [-0.2, 0) is 4.74 Å². The van der Waals surface area contributed by atoms with Crippen LogP contribution in [-0.4, -0.2) is 37.3 Å². The Morgan fingerprint density at radius 2 is 2.45 bits per heavy atom. The van der Waals surface area contributed by atoms with Gasteiger partial charge >= 0.3 is 0 Å². The number of carbonyl (C=O) groups excluding carboxylic acids is 1. The number of hydrogen-bond donors (Lipinski definition) is 2. The van der Waals surface area contributed by atoms with Gasteiger partial charge in [-0.2, -0.15) is 0 Å². The molecule has 1 aliphatic rings. The molecule has 1 unspecified atom stereocenters. The third-order valence-electron chi connectivity index (χ3n) is 3.65. The van der Waals surface area contributed by atoms with Gasteiger partial charge in [0, 0.05) is 30.3 Å². The van der Waals surface area contributed by atoms with Crippen LogP contribution >= 0.6 is 0 Å². The number of methoxy groups -OCH3 is 1. The zero-order valence-electron chi connectivity index (χ0n) is 11.4. The molecule has 1 aliphatic heterocycles. The molecule has 3 rings (SSSR count). The summed E-state index contributed by atoms with van der Waals surface area (Å²) < 4.78 is 10.7. The average molecular weight is 274 g/mol. The summed E-state index contributed by atoms with van der Waals surface area (Å²) in [5.74, 6) is 0.658. The van der Waals surface area contributed by atoms with E-state index in [1.54, 1.807) is 13.3 Å². The number of ether oxygens (including phenoxy) is 2. The topological polar surface area (TPSA) is 63.4 Å². The second-order valence-electron chi connectivity index (χ2n) is 4.96. The van der Waals surface area contributed by atoms with Gasteiger partial charge in [-0.3, -0.25) is 4.79 Å². The molecule has 2 aromatic rings. The molecule has 2 N–H and O–H groups in total. The molecule has 1 atom stereocenters. The van der Waals surface area contributed by atoms with Crippen molar-refractivity contribution in [1.29, 1.82) is 0 Å². The van der Waals surface area contributed by atoms with Gasteiger partial charge in [-0.25, -0.2) is 0 Å². The summed E-state index contributed by atoms with van der Waals surface area (Å²) in [6, 6.07) is 5.64. The number of nitrogens with one attached hydrogen (secondary N) is 2. The number of benzene rings is 1. The van der Waals surface area contributed by atoms with E-state index in [1.807, 2.05) is 18.2 Å². The minimum atomic E-state index is -0.0833. The van der Waals surface area contributed by atoms with Gasteiger partial charge in [0.1, 0.15) is 5.75 Å². The van der Waals surface area contributed by atoms with Gasteiger partial charge in [0.2, 0.25) is 0 Å². The van der Waals surface area contributed by atoms with E-state index in [1.165, 1.54) is 0 Å². The Morgan fingerprint density at radius 3 is 3.20 bits per heavy atom. The first kappa shape index (κ1) is 13.0. The van der Waals surface area contributed by atoms with Gasteiger partial charge < -0.3 is 19.8 Å². The molecular weight excluding hydrogens is 256 g/mol. The predicted molar refractivity (Wildman–Crippen MR) is 76.2 cm³/mol. The smallest absolute Gasteiger partial charge is 0.253 e. The molecule has 1 amide bonds. The molecule has 106 valence electrons. The Bertz CT molecular complexity index is 615. The Balaban J connectivity index is 1.76. The van der Waals surface area contributed by atoms with Crippen LogP contribution in [0.25, 0.3) is 10.9 Å². The summed E-state index contributed by atoms with van der Waals surface area (Å²) in [4.78, 5) is 15.3. The van der Waals surface area contributed by atoms with E-state index in [9.17, 15) is 4.79 Å². The van der Waals surface area contributed by atoms with E-state index in [4.69, 9.17) is 9.47 Å². The van der Waals surface area contributed by atoms with Gasteiger partial charge in [-0.1, -0.05) is 0 Å². The third kappa shape index (κ3) is 2.49. The van der Waals surface area contributed by atoms with Crippen LogP contribution in [0, 0.1) is 0 Å². The molecule has 1 aromatic heterocycles. The number of aromatic amines is 1. The van der Waals surface area contributed by atoms with Gasteiger partial charge in [0.25, 0.3) is 5.91 Å².